The molecular formula is C18H18N4O4. The summed E-state index contributed by atoms with van der Waals surface area (Å²) in [5, 5.41) is 10.7. The molecule has 0 aliphatic heterocycles. The number of carbonyl (C=O) groups excluding carboxylic acids is 1. The zero-order valence-corrected chi connectivity index (χ0v) is 14.6. The molecule has 0 unspecified atom stereocenters. The summed E-state index contributed by atoms with van der Waals surface area (Å²) in [6, 6.07) is 12.4. The van der Waals surface area contributed by atoms with Crippen LogP contribution >= 0.6 is 0 Å². The molecule has 0 atom stereocenters. The molecule has 2 aromatic carbocycles. The van der Waals surface area contributed by atoms with E-state index in [9.17, 15) is 4.79 Å². The van der Waals surface area contributed by atoms with Crippen molar-refractivity contribution in [2.45, 2.75) is 0 Å². The Morgan fingerprint density at radius 2 is 1.65 bits per heavy atom. The van der Waals surface area contributed by atoms with Crippen molar-refractivity contribution >= 4 is 11.6 Å². The molecular weight excluding hydrogens is 336 g/mol. The molecule has 1 heterocycles. The highest BCUT2D eigenvalue weighted by Crippen LogP contribution is 2.29. The summed E-state index contributed by atoms with van der Waals surface area (Å²) < 4.78 is 17.1. The molecule has 0 saturated heterocycles. The van der Waals surface area contributed by atoms with Crippen LogP contribution in [0.1, 0.15) is 10.5 Å². The summed E-state index contributed by atoms with van der Waals surface area (Å²) in [7, 11) is 4.68. The van der Waals surface area contributed by atoms with E-state index < -0.39 is 5.91 Å². The molecule has 8 nitrogen and oxygen atoms in total. The van der Waals surface area contributed by atoms with E-state index in [0.29, 0.717) is 17.2 Å². The molecule has 0 fully saturated rings. The number of nitrogens with one attached hydrogen (secondary N) is 1. The predicted molar refractivity (Wildman–Crippen MR) is 95.4 cm³/mol. The molecule has 0 aliphatic rings. The van der Waals surface area contributed by atoms with Gasteiger partial charge in [0.25, 0.3) is 5.91 Å². The standard InChI is InChI=1S/C18H18N4O4/c1-24-13-6-4-12(5-7-13)22-11-16(20-21-22)18(23)19-15-9-8-14(25-2)10-17(15)26-3/h4-11H,1-3H3,(H,19,23). The highest BCUT2D eigenvalue weighted by molar-refractivity contribution is 6.03. The Kier molecular flexibility index (Phi) is 5.02. The van der Waals surface area contributed by atoms with E-state index in [1.165, 1.54) is 11.8 Å². The summed E-state index contributed by atoms with van der Waals surface area (Å²) in [6.45, 7) is 0. The molecule has 1 N–H and O–H groups in total. The summed E-state index contributed by atoms with van der Waals surface area (Å²) in [4.78, 5) is 12.4. The third-order valence-electron chi connectivity index (χ3n) is 3.72. The molecule has 0 radical (unpaired) electrons. The van der Waals surface area contributed by atoms with Gasteiger partial charge in [-0.3, -0.25) is 4.79 Å². The van der Waals surface area contributed by atoms with E-state index in [2.05, 4.69) is 15.6 Å². The van der Waals surface area contributed by atoms with E-state index in [-0.39, 0.29) is 5.69 Å². The van der Waals surface area contributed by atoms with Crippen molar-refractivity contribution in [2.75, 3.05) is 26.6 Å². The number of benzene rings is 2. The lowest BCUT2D eigenvalue weighted by Crippen LogP contribution is -2.13. The Hall–Kier alpha value is -3.55. The van der Waals surface area contributed by atoms with Crippen molar-refractivity contribution in [2.24, 2.45) is 0 Å². The fraction of sp³-hybridized carbons (Fsp3) is 0.167. The van der Waals surface area contributed by atoms with Crippen LogP contribution in [0.5, 0.6) is 17.2 Å². The lowest BCUT2D eigenvalue weighted by Gasteiger charge is -2.10. The number of anilines is 1. The molecule has 134 valence electrons. The van der Waals surface area contributed by atoms with E-state index in [4.69, 9.17) is 14.2 Å². The van der Waals surface area contributed by atoms with Crippen LogP contribution < -0.4 is 19.5 Å². The van der Waals surface area contributed by atoms with Crippen molar-refractivity contribution in [1.82, 2.24) is 15.0 Å². The van der Waals surface area contributed by atoms with Crippen LogP contribution in [-0.4, -0.2) is 42.2 Å². The molecule has 0 spiro atoms. The number of ether oxygens (including phenoxy) is 3. The molecule has 8 heteroatoms. The van der Waals surface area contributed by atoms with Gasteiger partial charge in [0, 0.05) is 6.07 Å². The van der Waals surface area contributed by atoms with Crippen LogP contribution in [0.4, 0.5) is 5.69 Å². The van der Waals surface area contributed by atoms with Crippen LogP contribution in [0.3, 0.4) is 0 Å². The van der Waals surface area contributed by atoms with E-state index in [0.717, 1.165) is 11.4 Å². The first kappa shape index (κ1) is 17.3. The van der Waals surface area contributed by atoms with E-state index >= 15 is 0 Å². The Morgan fingerprint density at radius 1 is 0.962 bits per heavy atom. The van der Waals surface area contributed by atoms with E-state index in [1.54, 1.807) is 50.7 Å². The van der Waals surface area contributed by atoms with Crippen molar-refractivity contribution < 1.29 is 19.0 Å². The Bertz CT molecular complexity index is 906. The second-order valence-electron chi connectivity index (χ2n) is 5.27. The maximum absolute atomic E-state index is 12.4. The molecule has 3 rings (SSSR count). The SMILES string of the molecule is COc1ccc(-n2cc(C(=O)Nc3ccc(OC)cc3OC)nn2)cc1. The second-order valence-corrected chi connectivity index (χ2v) is 5.27. The molecule has 0 aliphatic carbocycles. The first-order valence-electron chi connectivity index (χ1n) is 7.74. The van der Waals surface area contributed by atoms with Gasteiger partial charge in [0.2, 0.25) is 0 Å². The average Bonchev–Trinajstić information content (AvgIpc) is 3.18. The van der Waals surface area contributed by atoms with Gasteiger partial charge in [0.05, 0.1) is 38.9 Å². The average molecular weight is 354 g/mol. The molecule has 0 saturated carbocycles. The number of carbonyl (C=O) groups is 1. The minimum atomic E-state index is -0.395. The van der Waals surface area contributed by atoms with Gasteiger partial charge in [-0.2, -0.15) is 0 Å². The normalized spacial score (nSPS) is 10.3. The Labute approximate surface area is 150 Å². The van der Waals surface area contributed by atoms with Crippen LogP contribution in [0.15, 0.2) is 48.7 Å². The number of amides is 1. The van der Waals surface area contributed by atoms with Crippen LogP contribution in [0.2, 0.25) is 0 Å². The molecule has 3 aromatic rings. The fourth-order valence-corrected chi connectivity index (χ4v) is 2.32. The highest BCUT2D eigenvalue weighted by atomic mass is 16.5. The molecule has 1 amide bonds. The van der Waals surface area contributed by atoms with Gasteiger partial charge in [0.1, 0.15) is 17.2 Å². The lowest BCUT2D eigenvalue weighted by atomic mass is 10.2. The Balaban J connectivity index is 1.78. The van der Waals surface area contributed by atoms with Gasteiger partial charge in [-0.05, 0) is 36.4 Å². The van der Waals surface area contributed by atoms with Gasteiger partial charge in [-0.15, -0.1) is 5.10 Å². The zero-order chi connectivity index (χ0) is 18.5. The smallest absolute Gasteiger partial charge is 0.277 e. The molecule has 1 aromatic heterocycles. The molecule has 26 heavy (non-hydrogen) atoms. The number of hydrogen-bond acceptors (Lipinski definition) is 6. The minimum Gasteiger partial charge on any atom is -0.497 e. The number of nitrogens with zero attached hydrogens (tertiary/aromatic N) is 3. The van der Waals surface area contributed by atoms with Gasteiger partial charge < -0.3 is 19.5 Å². The highest BCUT2D eigenvalue weighted by Gasteiger charge is 2.14. The second kappa shape index (κ2) is 7.56. The van der Waals surface area contributed by atoms with Gasteiger partial charge in [0.15, 0.2) is 5.69 Å². The fourth-order valence-electron chi connectivity index (χ4n) is 2.32. The predicted octanol–water partition coefficient (Wildman–Crippen LogP) is 2.55. The third-order valence-corrected chi connectivity index (χ3v) is 3.72. The third kappa shape index (κ3) is 3.59. The largest absolute Gasteiger partial charge is 0.497 e. The number of methoxy groups -OCH3 is 3. The van der Waals surface area contributed by atoms with Crippen molar-refractivity contribution in [1.29, 1.82) is 0 Å². The van der Waals surface area contributed by atoms with Gasteiger partial charge in [-0.1, -0.05) is 5.21 Å². The van der Waals surface area contributed by atoms with Gasteiger partial charge in [-0.25, -0.2) is 4.68 Å². The van der Waals surface area contributed by atoms with Gasteiger partial charge >= 0.3 is 0 Å². The quantitative estimate of drug-likeness (QED) is 0.732. The topological polar surface area (TPSA) is 87.5 Å². The monoisotopic (exact) mass is 354 g/mol. The van der Waals surface area contributed by atoms with Crippen LogP contribution in [0, 0.1) is 0 Å². The van der Waals surface area contributed by atoms with Crippen LogP contribution in [-0.2, 0) is 0 Å². The molecule has 0 bridgehead atoms. The number of hydrogen-bond donors (Lipinski definition) is 1. The van der Waals surface area contributed by atoms with Crippen LogP contribution in [0.25, 0.3) is 5.69 Å². The van der Waals surface area contributed by atoms with E-state index in [1.807, 2.05) is 12.1 Å². The summed E-state index contributed by atoms with van der Waals surface area (Å²) in [5.74, 6) is 1.46. The maximum Gasteiger partial charge on any atom is 0.277 e. The minimum absolute atomic E-state index is 0.179. The first-order valence-corrected chi connectivity index (χ1v) is 7.74. The Morgan fingerprint density at radius 3 is 2.31 bits per heavy atom. The zero-order valence-electron chi connectivity index (χ0n) is 14.6. The lowest BCUT2D eigenvalue weighted by molar-refractivity contribution is 0.102. The van der Waals surface area contributed by atoms with Crippen molar-refractivity contribution in [3.63, 3.8) is 0 Å². The summed E-state index contributed by atoms with van der Waals surface area (Å²) >= 11 is 0. The number of aromatic nitrogens is 3. The summed E-state index contributed by atoms with van der Waals surface area (Å²) in [6.07, 6.45) is 1.55. The maximum atomic E-state index is 12.4. The van der Waals surface area contributed by atoms with Crippen molar-refractivity contribution in [3.05, 3.63) is 54.4 Å². The van der Waals surface area contributed by atoms with Crippen molar-refractivity contribution in [3.8, 4) is 22.9 Å². The first-order chi connectivity index (χ1) is 12.6. The number of rotatable bonds is 6. The summed E-state index contributed by atoms with van der Waals surface area (Å²) in [5.41, 5.74) is 1.45.